The number of rotatable bonds is 6. The maximum absolute atomic E-state index is 12.0. The summed E-state index contributed by atoms with van der Waals surface area (Å²) in [7, 11) is 0. The molecule has 20 heavy (non-hydrogen) atoms. The third-order valence-corrected chi connectivity index (χ3v) is 3.33. The van der Waals surface area contributed by atoms with Gasteiger partial charge in [-0.15, -0.1) is 0 Å². The summed E-state index contributed by atoms with van der Waals surface area (Å²) in [5.41, 5.74) is 6.30. The number of nitrogens with two attached hydrogens (primary N) is 1. The quantitative estimate of drug-likeness (QED) is 0.788. The number of amides is 2. The maximum Gasteiger partial charge on any atom is 0.254 e. The van der Waals surface area contributed by atoms with Crippen LogP contribution >= 0.6 is 11.6 Å². The molecule has 0 spiro atoms. The summed E-state index contributed by atoms with van der Waals surface area (Å²) < 4.78 is 0. The van der Waals surface area contributed by atoms with Crippen LogP contribution in [0, 0.1) is 0 Å². The lowest BCUT2D eigenvalue weighted by atomic mass is 10.1. The van der Waals surface area contributed by atoms with Gasteiger partial charge in [-0.05, 0) is 26.0 Å². The van der Waals surface area contributed by atoms with Crippen LogP contribution in [0.5, 0.6) is 0 Å². The molecular formula is C14H20ClN3O2. The Kier molecular flexibility index (Phi) is 6.31. The first-order valence-corrected chi connectivity index (χ1v) is 6.99. The molecule has 3 N–H and O–H groups in total. The molecule has 1 aromatic rings. The van der Waals surface area contributed by atoms with E-state index < -0.39 is 0 Å². The third-order valence-electron chi connectivity index (χ3n) is 3.01. The molecular weight excluding hydrogens is 278 g/mol. The highest BCUT2D eigenvalue weighted by Gasteiger charge is 2.14. The summed E-state index contributed by atoms with van der Waals surface area (Å²) in [6, 6.07) is 4.90. The SMILES string of the molecule is CCN(CC)C(=O)CCNC(=O)c1c(N)cccc1Cl. The van der Waals surface area contributed by atoms with Crippen molar-refractivity contribution in [1.82, 2.24) is 10.2 Å². The predicted molar refractivity (Wildman–Crippen MR) is 80.7 cm³/mol. The van der Waals surface area contributed by atoms with Gasteiger partial charge >= 0.3 is 0 Å². The van der Waals surface area contributed by atoms with Gasteiger partial charge in [0.15, 0.2) is 0 Å². The van der Waals surface area contributed by atoms with Crippen molar-refractivity contribution in [2.45, 2.75) is 20.3 Å². The van der Waals surface area contributed by atoms with Crippen LogP contribution in [0.1, 0.15) is 30.6 Å². The maximum atomic E-state index is 12.0. The second-order valence-corrected chi connectivity index (χ2v) is 4.68. The van der Waals surface area contributed by atoms with E-state index in [2.05, 4.69) is 5.32 Å². The number of halogens is 1. The number of carbonyl (C=O) groups excluding carboxylic acids is 2. The molecule has 0 aromatic heterocycles. The summed E-state index contributed by atoms with van der Waals surface area (Å²) in [4.78, 5) is 25.5. The molecule has 0 radical (unpaired) electrons. The van der Waals surface area contributed by atoms with Crippen LogP contribution in [0.25, 0.3) is 0 Å². The highest BCUT2D eigenvalue weighted by molar-refractivity contribution is 6.34. The van der Waals surface area contributed by atoms with Crippen molar-refractivity contribution in [3.05, 3.63) is 28.8 Å². The fourth-order valence-electron chi connectivity index (χ4n) is 1.89. The molecule has 5 nitrogen and oxygen atoms in total. The van der Waals surface area contributed by atoms with Crippen LogP contribution in [0.15, 0.2) is 18.2 Å². The Balaban J connectivity index is 2.54. The number of hydrogen-bond donors (Lipinski definition) is 2. The third kappa shape index (κ3) is 4.13. The van der Waals surface area contributed by atoms with Gasteiger partial charge in [-0.3, -0.25) is 9.59 Å². The average Bonchev–Trinajstić information content (AvgIpc) is 2.40. The molecule has 0 aliphatic heterocycles. The van der Waals surface area contributed by atoms with E-state index in [1.807, 2.05) is 13.8 Å². The Morgan fingerprint density at radius 2 is 1.95 bits per heavy atom. The minimum Gasteiger partial charge on any atom is -0.398 e. The predicted octanol–water partition coefficient (Wildman–Crippen LogP) is 1.91. The van der Waals surface area contributed by atoms with E-state index >= 15 is 0 Å². The van der Waals surface area contributed by atoms with Crippen LogP contribution in [0.3, 0.4) is 0 Å². The summed E-state index contributed by atoms with van der Waals surface area (Å²) in [5, 5.41) is 2.97. The van der Waals surface area contributed by atoms with Crippen molar-refractivity contribution in [2.24, 2.45) is 0 Å². The van der Waals surface area contributed by atoms with Gasteiger partial charge in [0.2, 0.25) is 5.91 Å². The van der Waals surface area contributed by atoms with E-state index in [0.29, 0.717) is 23.8 Å². The molecule has 0 atom stereocenters. The molecule has 0 saturated heterocycles. The number of benzene rings is 1. The summed E-state index contributed by atoms with van der Waals surface area (Å²) in [6.07, 6.45) is 0.262. The number of nitrogens with zero attached hydrogens (tertiary/aromatic N) is 1. The standard InChI is InChI=1S/C14H20ClN3O2/c1-3-18(4-2)12(19)8-9-17-14(20)13-10(15)6-5-7-11(13)16/h5-7H,3-4,8-9,16H2,1-2H3,(H,17,20). The molecule has 0 aliphatic rings. The number of carbonyl (C=O) groups is 2. The van der Waals surface area contributed by atoms with E-state index in [4.69, 9.17) is 17.3 Å². The Bertz CT molecular complexity index is 467. The van der Waals surface area contributed by atoms with E-state index in [1.54, 1.807) is 23.1 Å². The van der Waals surface area contributed by atoms with Gasteiger partial charge < -0.3 is 16.0 Å². The molecule has 0 fully saturated rings. The molecule has 0 aliphatic carbocycles. The summed E-state index contributed by atoms with van der Waals surface area (Å²) >= 11 is 5.95. The first kappa shape index (κ1) is 16.3. The van der Waals surface area contributed by atoms with Crippen molar-refractivity contribution in [1.29, 1.82) is 0 Å². The topological polar surface area (TPSA) is 75.4 Å². The van der Waals surface area contributed by atoms with Crippen LogP contribution in [0.2, 0.25) is 5.02 Å². The van der Waals surface area contributed by atoms with Gasteiger partial charge in [-0.2, -0.15) is 0 Å². The van der Waals surface area contributed by atoms with Gasteiger partial charge in [0.25, 0.3) is 5.91 Å². The van der Waals surface area contributed by atoms with Crippen molar-refractivity contribution in [3.8, 4) is 0 Å². The second kappa shape index (κ2) is 7.75. The minimum absolute atomic E-state index is 0.0161. The molecule has 0 unspecified atom stereocenters. The lowest BCUT2D eigenvalue weighted by Crippen LogP contribution is -2.34. The van der Waals surface area contributed by atoms with E-state index in [1.165, 1.54) is 0 Å². The number of nitrogens with one attached hydrogen (secondary N) is 1. The largest absolute Gasteiger partial charge is 0.398 e. The zero-order valence-corrected chi connectivity index (χ0v) is 12.5. The monoisotopic (exact) mass is 297 g/mol. The average molecular weight is 298 g/mol. The fraction of sp³-hybridized carbons (Fsp3) is 0.429. The Hall–Kier alpha value is -1.75. The number of nitrogen functional groups attached to an aromatic ring is 1. The highest BCUT2D eigenvalue weighted by atomic mass is 35.5. The highest BCUT2D eigenvalue weighted by Crippen LogP contribution is 2.21. The van der Waals surface area contributed by atoms with Gasteiger partial charge in [0, 0.05) is 31.7 Å². The summed E-state index contributed by atoms with van der Waals surface area (Å²) in [6.45, 7) is 5.44. The lowest BCUT2D eigenvalue weighted by Gasteiger charge is -2.18. The molecule has 110 valence electrons. The molecule has 2 amide bonds. The number of hydrogen-bond acceptors (Lipinski definition) is 3. The lowest BCUT2D eigenvalue weighted by molar-refractivity contribution is -0.130. The molecule has 1 rings (SSSR count). The zero-order chi connectivity index (χ0) is 15.1. The van der Waals surface area contributed by atoms with Crippen molar-refractivity contribution >= 4 is 29.1 Å². The second-order valence-electron chi connectivity index (χ2n) is 4.28. The van der Waals surface area contributed by atoms with Crippen LogP contribution in [-0.2, 0) is 4.79 Å². The van der Waals surface area contributed by atoms with Crippen molar-refractivity contribution < 1.29 is 9.59 Å². The normalized spacial score (nSPS) is 10.2. The van der Waals surface area contributed by atoms with Crippen LogP contribution in [0.4, 0.5) is 5.69 Å². The van der Waals surface area contributed by atoms with Crippen molar-refractivity contribution in [2.75, 3.05) is 25.4 Å². The van der Waals surface area contributed by atoms with Crippen LogP contribution < -0.4 is 11.1 Å². The van der Waals surface area contributed by atoms with Crippen LogP contribution in [-0.4, -0.2) is 36.3 Å². The van der Waals surface area contributed by atoms with Gasteiger partial charge in [0.1, 0.15) is 0 Å². The fourth-order valence-corrected chi connectivity index (χ4v) is 2.15. The zero-order valence-electron chi connectivity index (χ0n) is 11.8. The smallest absolute Gasteiger partial charge is 0.254 e. The minimum atomic E-state index is -0.361. The molecule has 0 saturated carbocycles. The van der Waals surface area contributed by atoms with Crippen molar-refractivity contribution in [3.63, 3.8) is 0 Å². The molecule has 6 heteroatoms. The summed E-state index contributed by atoms with van der Waals surface area (Å²) in [5.74, 6) is -0.345. The van der Waals surface area contributed by atoms with E-state index in [0.717, 1.165) is 0 Å². The van der Waals surface area contributed by atoms with Gasteiger partial charge in [-0.1, -0.05) is 17.7 Å². The van der Waals surface area contributed by atoms with Gasteiger partial charge in [0.05, 0.1) is 10.6 Å². The van der Waals surface area contributed by atoms with E-state index in [-0.39, 0.29) is 30.3 Å². The number of anilines is 1. The first-order chi connectivity index (χ1) is 9.51. The Labute approximate surface area is 124 Å². The first-order valence-electron chi connectivity index (χ1n) is 6.61. The molecule has 0 heterocycles. The van der Waals surface area contributed by atoms with Gasteiger partial charge in [-0.25, -0.2) is 0 Å². The Morgan fingerprint density at radius 3 is 2.50 bits per heavy atom. The van der Waals surface area contributed by atoms with E-state index in [9.17, 15) is 9.59 Å². The molecule has 0 bridgehead atoms. The molecule has 1 aromatic carbocycles. The Morgan fingerprint density at radius 1 is 1.30 bits per heavy atom.